The van der Waals surface area contributed by atoms with Crippen LogP contribution in [-0.4, -0.2) is 54.9 Å². The van der Waals surface area contributed by atoms with Gasteiger partial charge in [-0.1, -0.05) is 0 Å². The SMILES string of the molecule is CN(C)CCN(C)C(=O)c1cc(Br)cnc1N. The fraction of sp³-hybridized carbons (Fsp3) is 0.455. The van der Waals surface area contributed by atoms with E-state index < -0.39 is 0 Å². The van der Waals surface area contributed by atoms with Gasteiger partial charge in [-0.05, 0) is 36.1 Å². The lowest BCUT2D eigenvalue weighted by Gasteiger charge is -2.20. The number of carbonyl (C=O) groups is 1. The van der Waals surface area contributed by atoms with Crippen LogP contribution in [0.3, 0.4) is 0 Å². The Bertz CT molecular complexity index is 408. The molecule has 0 aliphatic rings. The van der Waals surface area contributed by atoms with E-state index in [-0.39, 0.29) is 11.7 Å². The minimum Gasteiger partial charge on any atom is -0.383 e. The van der Waals surface area contributed by atoms with E-state index >= 15 is 0 Å². The van der Waals surface area contributed by atoms with Crippen LogP contribution in [0.1, 0.15) is 10.4 Å². The summed E-state index contributed by atoms with van der Waals surface area (Å²) < 4.78 is 0.746. The molecule has 0 bridgehead atoms. The Morgan fingerprint density at radius 3 is 2.65 bits per heavy atom. The van der Waals surface area contributed by atoms with Crippen molar-refractivity contribution >= 4 is 27.7 Å². The molecule has 0 saturated heterocycles. The van der Waals surface area contributed by atoms with Crippen LogP contribution in [0.25, 0.3) is 0 Å². The average Bonchev–Trinajstić information content (AvgIpc) is 2.28. The summed E-state index contributed by atoms with van der Waals surface area (Å²) >= 11 is 3.28. The maximum Gasteiger partial charge on any atom is 0.257 e. The van der Waals surface area contributed by atoms with E-state index in [1.165, 1.54) is 0 Å². The number of hydrogen-bond acceptors (Lipinski definition) is 4. The highest BCUT2D eigenvalue weighted by atomic mass is 79.9. The third-order valence-corrected chi connectivity index (χ3v) is 2.78. The molecule has 1 amide bonds. The number of aromatic nitrogens is 1. The van der Waals surface area contributed by atoms with Crippen molar-refractivity contribution in [3.63, 3.8) is 0 Å². The standard InChI is InChI=1S/C11H17BrN4O/c1-15(2)4-5-16(3)11(17)9-6-8(12)7-14-10(9)13/h6-7H,4-5H2,1-3H3,(H2,13,14). The van der Waals surface area contributed by atoms with Gasteiger partial charge in [0.25, 0.3) is 5.91 Å². The summed E-state index contributed by atoms with van der Waals surface area (Å²) in [7, 11) is 5.69. The van der Waals surface area contributed by atoms with Gasteiger partial charge in [0.2, 0.25) is 0 Å². The molecule has 0 fully saturated rings. The summed E-state index contributed by atoms with van der Waals surface area (Å²) in [6, 6.07) is 1.69. The second-order valence-corrected chi connectivity index (χ2v) is 5.03. The number of nitrogens with zero attached hydrogens (tertiary/aromatic N) is 3. The fourth-order valence-corrected chi connectivity index (χ4v) is 1.61. The van der Waals surface area contributed by atoms with Crippen LogP contribution >= 0.6 is 15.9 Å². The van der Waals surface area contributed by atoms with Crippen LogP contribution < -0.4 is 5.73 Å². The van der Waals surface area contributed by atoms with Crippen LogP contribution in [0, 0.1) is 0 Å². The van der Waals surface area contributed by atoms with E-state index in [0.717, 1.165) is 11.0 Å². The van der Waals surface area contributed by atoms with E-state index in [1.807, 2.05) is 19.0 Å². The first-order chi connectivity index (χ1) is 7.91. The summed E-state index contributed by atoms with van der Waals surface area (Å²) in [5, 5.41) is 0. The molecule has 0 saturated carbocycles. The number of rotatable bonds is 4. The number of hydrogen-bond donors (Lipinski definition) is 1. The summed E-state index contributed by atoms with van der Waals surface area (Å²) in [4.78, 5) is 19.7. The zero-order valence-electron chi connectivity index (χ0n) is 10.3. The highest BCUT2D eigenvalue weighted by molar-refractivity contribution is 9.10. The second-order valence-electron chi connectivity index (χ2n) is 4.12. The van der Waals surface area contributed by atoms with Crippen molar-refractivity contribution < 1.29 is 4.79 Å². The monoisotopic (exact) mass is 300 g/mol. The number of likely N-dealkylation sites (N-methyl/N-ethyl adjacent to an activating group) is 2. The van der Waals surface area contributed by atoms with Gasteiger partial charge in [-0.15, -0.1) is 0 Å². The predicted octanol–water partition coefficient (Wildman–Crippen LogP) is 1.06. The van der Waals surface area contributed by atoms with Crippen LogP contribution in [0.5, 0.6) is 0 Å². The lowest BCUT2D eigenvalue weighted by atomic mass is 10.2. The minimum atomic E-state index is -0.113. The third kappa shape index (κ3) is 3.98. The van der Waals surface area contributed by atoms with E-state index in [9.17, 15) is 4.79 Å². The van der Waals surface area contributed by atoms with Crippen molar-refractivity contribution in [2.45, 2.75) is 0 Å². The number of halogens is 1. The number of anilines is 1. The quantitative estimate of drug-likeness (QED) is 0.903. The van der Waals surface area contributed by atoms with Gasteiger partial charge in [0.15, 0.2) is 0 Å². The first kappa shape index (κ1) is 13.9. The molecule has 5 nitrogen and oxygen atoms in total. The second kappa shape index (κ2) is 5.97. The Balaban J connectivity index is 2.78. The molecular weight excluding hydrogens is 284 g/mol. The van der Waals surface area contributed by atoms with Gasteiger partial charge in [0.05, 0.1) is 5.56 Å². The number of amides is 1. The van der Waals surface area contributed by atoms with Crippen LogP contribution in [0.15, 0.2) is 16.7 Å². The van der Waals surface area contributed by atoms with Crippen LogP contribution in [0.4, 0.5) is 5.82 Å². The lowest BCUT2D eigenvalue weighted by Crippen LogP contribution is -2.34. The van der Waals surface area contributed by atoms with Crippen molar-refractivity contribution in [2.75, 3.05) is 40.0 Å². The maximum atomic E-state index is 12.1. The molecule has 1 heterocycles. The Morgan fingerprint density at radius 2 is 2.06 bits per heavy atom. The number of pyridine rings is 1. The molecule has 0 aliphatic heterocycles. The van der Waals surface area contributed by atoms with Gasteiger partial charge in [-0.3, -0.25) is 4.79 Å². The maximum absolute atomic E-state index is 12.1. The number of carbonyl (C=O) groups excluding carboxylic acids is 1. The van der Waals surface area contributed by atoms with E-state index in [4.69, 9.17) is 5.73 Å². The predicted molar refractivity (Wildman–Crippen MR) is 71.9 cm³/mol. The smallest absolute Gasteiger partial charge is 0.257 e. The molecule has 1 aromatic heterocycles. The first-order valence-corrected chi connectivity index (χ1v) is 6.02. The molecule has 94 valence electrons. The van der Waals surface area contributed by atoms with E-state index in [1.54, 1.807) is 24.2 Å². The topological polar surface area (TPSA) is 62.5 Å². The molecule has 6 heteroatoms. The molecule has 0 aliphatic carbocycles. The largest absolute Gasteiger partial charge is 0.383 e. The summed E-state index contributed by atoms with van der Waals surface area (Å²) in [6.07, 6.45) is 1.58. The van der Waals surface area contributed by atoms with Crippen molar-refractivity contribution in [3.05, 3.63) is 22.3 Å². The molecule has 0 unspecified atom stereocenters. The Hall–Kier alpha value is -1.14. The van der Waals surface area contributed by atoms with Crippen molar-refractivity contribution in [3.8, 4) is 0 Å². The Labute approximate surface area is 110 Å². The molecule has 0 radical (unpaired) electrons. The first-order valence-electron chi connectivity index (χ1n) is 5.23. The number of nitrogen functional groups attached to an aromatic ring is 1. The average molecular weight is 301 g/mol. The number of nitrogens with two attached hydrogens (primary N) is 1. The third-order valence-electron chi connectivity index (χ3n) is 2.34. The van der Waals surface area contributed by atoms with Gasteiger partial charge in [0, 0.05) is 30.8 Å². The van der Waals surface area contributed by atoms with Gasteiger partial charge < -0.3 is 15.5 Å². The van der Waals surface area contributed by atoms with Gasteiger partial charge in [0.1, 0.15) is 5.82 Å². The normalized spacial score (nSPS) is 10.6. The molecule has 1 aromatic rings. The Morgan fingerprint density at radius 1 is 1.41 bits per heavy atom. The molecule has 17 heavy (non-hydrogen) atoms. The van der Waals surface area contributed by atoms with Gasteiger partial charge in [-0.2, -0.15) is 0 Å². The van der Waals surface area contributed by atoms with Crippen molar-refractivity contribution in [2.24, 2.45) is 0 Å². The minimum absolute atomic E-state index is 0.113. The Kier molecular flexibility index (Phi) is 4.89. The van der Waals surface area contributed by atoms with E-state index in [2.05, 4.69) is 20.9 Å². The molecule has 0 aromatic carbocycles. The highest BCUT2D eigenvalue weighted by Gasteiger charge is 2.15. The molecule has 1 rings (SSSR count). The zero-order valence-corrected chi connectivity index (χ0v) is 11.9. The fourth-order valence-electron chi connectivity index (χ4n) is 1.28. The summed E-state index contributed by atoms with van der Waals surface area (Å²) in [5.41, 5.74) is 6.13. The van der Waals surface area contributed by atoms with Crippen LogP contribution in [0.2, 0.25) is 0 Å². The molecule has 0 spiro atoms. The highest BCUT2D eigenvalue weighted by Crippen LogP contribution is 2.16. The molecular formula is C11H17BrN4O. The summed E-state index contributed by atoms with van der Waals surface area (Å²) in [5.74, 6) is 0.146. The van der Waals surface area contributed by atoms with Gasteiger partial charge >= 0.3 is 0 Å². The van der Waals surface area contributed by atoms with Gasteiger partial charge in [-0.25, -0.2) is 4.98 Å². The van der Waals surface area contributed by atoms with Crippen LogP contribution in [-0.2, 0) is 0 Å². The van der Waals surface area contributed by atoms with Crippen molar-refractivity contribution in [1.29, 1.82) is 0 Å². The zero-order chi connectivity index (χ0) is 13.0. The lowest BCUT2D eigenvalue weighted by molar-refractivity contribution is 0.0787. The molecule has 0 atom stereocenters. The molecule has 2 N–H and O–H groups in total. The van der Waals surface area contributed by atoms with Crippen molar-refractivity contribution in [1.82, 2.24) is 14.8 Å². The van der Waals surface area contributed by atoms with E-state index in [0.29, 0.717) is 12.1 Å². The summed E-state index contributed by atoms with van der Waals surface area (Å²) in [6.45, 7) is 1.46.